The van der Waals surface area contributed by atoms with E-state index in [1.807, 2.05) is 18.2 Å². The highest BCUT2D eigenvalue weighted by Crippen LogP contribution is 2.32. The first-order valence-electron chi connectivity index (χ1n) is 6.13. The molecule has 0 spiro atoms. The minimum Gasteiger partial charge on any atom is -0.497 e. The second-order valence-electron chi connectivity index (χ2n) is 4.26. The van der Waals surface area contributed by atoms with Crippen LogP contribution in [0, 0.1) is 3.57 Å². The van der Waals surface area contributed by atoms with Crippen LogP contribution in [0.15, 0.2) is 42.5 Å². The van der Waals surface area contributed by atoms with Crippen LogP contribution in [0.25, 0.3) is 0 Å². The molecule has 0 saturated carbocycles. The van der Waals surface area contributed by atoms with Crippen molar-refractivity contribution in [1.82, 2.24) is 5.43 Å². The summed E-state index contributed by atoms with van der Waals surface area (Å²) in [7, 11) is 3.27. The second-order valence-corrected chi connectivity index (χ2v) is 5.50. The Morgan fingerprint density at radius 1 is 1.05 bits per heavy atom. The molecule has 0 saturated heterocycles. The summed E-state index contributed by atoms with van der Waals surface area (Å²) in [4.78, 5) is 0. The first-order chi connectivity index (χ1) is 9.69. The summed E-state index contributed by atoms with van der Waals surface area (Å²) >= 11 is 2.28. The molecule has 0 aliphatic carbocycles. The fourth-order valence-corrected chi connectivity index (χ4v) is 2.44. The summed E-state index contributed by atoms with van der Waals surface area (Å²) in [5.74, 6) is 7.23. The lowest BCUT2D eigenvalue weighted by atomic mass is 9.98. The topological polar surface area (TPSA) is 56.5 Å². The Hall–Kier alpha value is -1.31. The zero-order valence-corrected chi connectivity index (χ0v) is 13.5. The van der Waals surface area contributed by atoms with E-state index in [0.717, 1.165) is 22.6 Å². The van der Waals surface area contributed by atoms with Crippen LogP contribution in [0.4, 0.5) is 0 Å². The van der Waals surface area contributed by atoms with Crippen molar-refractivity contribution in [3.05, 3.63) is 57.2 Å². The molecule has 20 heavy (non-hydrogen) atoms. The van der Waals surface area contributed by atoms with Gasteiger partial charge in [-0.05, 0) is 52.4 Å². The van der Waals surface area contributed by atoms with Crippen molar-refractivity contribution in [1.29, 1.82) is 0 Å². The van der Waals surface area contributed by atoms with Gasteiger partial charge < -0.3 is 9.47 Å². The molecule has 4 nitrogen and oxygen atoms in total. The maximum atomic E-state index is 5.73. The molecule has 2 aromatic carbocycles. The molecule has 0 amide bonds. The average Bonchev–Trinajstić information content (AvgIpc) is 2.50. The molecule has 0 aromatic heterocycles. The van der Waals surface area contributed by atoms with Crippen LogP contribution in [0.2, 0.25) is 0 Å². The molecule has 0 heterocycles. The minimum absolute atomic E-state index is 0.132. The lowest BCUT2D eigenvalue weighted by Gasteiger charge is -2.20. The normalized spacial score (nSPS) is 12.0. The average molecular weight is 384 g/mol. The Labute approximate surface area is 132 Å². The number of ether oxygens (including phenoxy) is 2. The number of hydrogen-bond donors (Lipinski definition) is 2. The zero-order valence-electron chi connectivity index (χ0n) is 11.4. The van der Waals surface area contributed by atoms with Crippen molar-refractivity contribution < 1.29 is 9.47 Å². The molecule has 1 atom stereocenters. The lowest BCUT2D eigenvalue weighted by Crippen LogP contribution is -2.29. The lowest BCUT2D eigenvalue weighted by molar-refractivity contribution is 0.387. The van der Waals surface area contributed by atoms with Crippen molar-refractivity contribution >= 4 is 22.6 Å². The maximum Gasteiger partial charge on any atom is 0.127 e. The number of hydrogen-bond acceptors (Lipinski definition) is 4. The molecule has 2 aromatic rings. The molecule has 1 unspecified atom stereocenters. The fourth-order valence-electron chi connectivity index (χ4n) is 2.08. The molecular weight excluding hydrogens is 367 g/mol. The van der Waals surface area contributed by atoms with Gasteiger partial charge in [-0.15, -0.1) is 0 Å². The SMILES string of the molecule is COc1ccc(C(NN)c2ccc(I)cc2)c(OC)c1. The van der Waals surface area contributed by atoms with Crippen LogP contribution in [-0.4, -0.2) is 14.2 Å². The highest BCUT2D eigenvalue weighted by Gasteiger charge is 2.17. The van der Waals surface area contributed by atoms with Crippen LogP contribution in [0.1, 0.15) is 17.2 Å². The summed E-state index contributed by atoms with van der Waals surface area (Å²) in [5, 5.41) is 0. The van der Waals surface area contributed by atoms with Gasteiger partial charge in [0, 0.05) is 15.2 Å². The first-order valence-corrected chi connectivity index (χ1v) is 7.21. The minimum atomic E-state index is -0.132. The van der Waals surface area contributed by atoms with Crippen molar-refractivity contribution in [2.45, 2.75) is 6.04 Å². The number of methoxy groups -OCH3 is 2. The Morgan fingerprint density at radius 2 is 1.75 bits per heavy atom. The third-order valence-corrected chi connectivity index (χ3v) is 3.84. The van der Waals surface area contributed by atoms with Crippen molar-refractivity contribution in [2.75, 3.05) is 14.2 Å². The molecule has 3 N–H and O–H groups in total. The van der Waals surface area contributed by atoms with E-state index in [4.69, 9.17) is 15.3 Å². The van der Waals surface area contributed by atoms with E-state index < -0.39 is 0 Å². The Bertz CT molecular complexity index is 573. The first kappa shape index (κ1) is 15.1. The molecular formula is C15H17IN2O2. The largest absolute Gasteiger partial charge is 0.497 e. The molecule has 106 valence electrons. The van der Waals surface area contributed by atoms with Gasteiger partial charge >= 0.3 is 0 Å². The van der Waals surface area contributed by atoms with E-state index in [0.29, 0.717) is 0 Å². The molecule has 5 heteroatoms. The monoisotopic (exact) mass is 384 g/mol. The second kappa shape index (κ2) is 6.92. The quantitative estimate of drug-likeness (QED) is 0.473. The highest BCUT2D eigenvalue weighted by atomic mass is 127. The van der Waals surface area contributed by atoms with Gasteiger partial charge in [0.05, 0.1) is 20.3 Å². The fraction of sp³-hybridized carbons (Fsp3) is 0.200. The predicted octanol–water partition coefficient (Wildman–Crippen LogP) is 2.86. The van der Waals surface area contributed by atoms with Gasteiger partial charge in [0.1, 0.15) is 11.5 Å². The Balaban J connectivity index is 2.43. The number of rotatable bonds is 5. The van der Waals surface area contributed by atoms with Gasteiger partial charge in [-0.3, -0.25) is 5.84 Å². The summed E-state index contributed by atoms with van der Waals surface area (Å²) < 4.78 is 11.8. The van der Waals surface area contributed by atoms with Gasteiger partial charge in [0.2, 0.25) is 0 Å². The number of halogens is 1. The number of nitrogens with one attached hydrogen (secondary N) is 1. The van der Waals surface area contributed by atoms with Gasteiger partial charge in [-0.2, -0.15) is 0 Å². The molecule has 0 aliphatic heterocycles. The van der Waals surface area contributed by atoms with Crippen LogP contribution in [0.3, 0.4) is 0 Å². The van der Waals surface area contributed by atoms with E-state index in [1.165, 1.54) is 3.57 Å². The summed E-state index contributed by atoms with van der Waals surface area (Å²) in [6.45, 7) is 0. The van der Waals surface area contributed by atoms with E-state index >= 15 is 0 Å². The van der Waals surface area contributed by atoms with Crippen LogP contribution >= 0.6 is 22.6 Å². The maximum absolute atomic E-state index is 5.73. The predicted molar refractivity (Wildman–Crippen MR) is 87.9 cm³/mol. The Morgan fingerprint density at radius 3 is 2.30 bits per heavy atom. The van der Waals surface area contributed by atoms with E-state index in [1.54, 1.807) is 14.2 Å². The number of nitrogens with two attached hydrogens (primary N) is 1. The van der Waals surface area contributed by atoms with Gasteiger partial charge in [-0.25, -0.2) is 5.43 Å². The standard InChI is InChI=1S/C15H17IN2O2/c1-19-12-7-8-13(14(9-12)20-2)15(18-17)10-3-5-11(16)6-4-10/h3-9,15,18H,17H2,1-2H3. The van der Waals surface area contributed by atoms with Crippen molar-refractivity contribution in [3.8, 4) is 11.5 Å². The van der Waals surface area contributed by atoms with Gasteiger partial charge in [0.15, 0.2) is 0 Å². The zero-order chi connectivity index (χ0) is 14.5. The molecule has 0 aliphatic rings. The third-order valence-electron chi connectivity index (χ3n) is 3.12. The number of hydrazine groups is 1. The van der Waals surface area contributed by atoms with Gasteiger partial charge in [0.25, 0.3) is 0 Å². The molecule has 0 bridgehead atoms. The van der Waals surface area contributed by atoms with Gasteiger partial charge in [-0.1, -0.05) is 12.1 Å². The summed E-state index contributed by atoms with van der Waals surface area (Å²) in [5.41, 5.74) is 4.89. The van der Waals surface area contributed by atoms with Crippen LogP contribution in [-0.2, 0) is 0 Å². The Kier molecular flexibility index (Phi) is 5.22. The van der Waals surface area contributed by atoms with Crippen LogP contribution < -0.4 is 20.7 Å². The van der Waals surface area contributed by atoms with E-state index in [-0.39, 0.29) is 6.04 Å². The summed E-state index contributed by atoms with van der Waals surface area (Å²) in [6, 6.07) is 13.8. The number of benzene rings is 2. The van der Waals surface area contributed by atoms with Crippen molar-refractivity contribution in [3.63, 3.8) is 0 Å². The molecule has 0 fully saturated rings. The van der Waals surface area contributed by atoms with Crippen molar-refractivity contribution in [2.24, 2.45) is 5.84 Å². The van der Waals surface area contributed by atoms with Crippen LogP contribution in [0.5, 0.6) is 11.5 Å². The highest BCUT2D eigenvalue weighted by molar-refractivity contribution is 14.1. The summed E-state index contributed by atoms with van der Waals surface area (Å²) in [6.07, 6.45) is 0. The molecule has 0 radical (unpaired) electrons. The van der Waals surface area contributed by atoms with E-state index in [9.17, 15) is 0 Å². The third kappa shape index (κ3) is 3.23. The molecule has 2 rings (SSSR count). The van der Waals surface area contributed by atoms with E-state index in [2.05, 4.69) is 52.3 Å². The smallest absolute Gasteiger partial charge is 0.127 e.